The molecule has 0 radical (unpaired) electrons. The summed E-state index contributed by atoms with van der Waals surface area (Å²) in [7, 11) is 0. The van der Waals surface area contributed by atoms with Crippen molar-refractivity contribution in [2.75, 3.05) is 32.7 Å². The maximum Gasteiger partial charge on any atom is 0.166 e. The Morgan fingerprint density at radius 1 is 1.29 bits per heavy atom. The Balaban J connectivity index is 1.52. The van der Waals surface area contributed by atoms with Gasteiger partial charge < -0.3 is 10.2 Å². The van der Waals surface area contributed by atoms with E-state index in [4.69, 9.17) is 0 Å². The van der Waals surface area contributed by atoms with Crippen molar-refractivity contribution in [2.45, 2.75) is 26.2 Å². The molecule has 1 aromatic carbocycles. The molecule has 1 N–H and O–H groups in total. The summed E-state index contributed by atoms with van der Waals surface area (Å²) < 4.78 is 0. The fraction of sp³-hybridized carbons (Fsp3) is 0.611. The quantitative estimate of drug-likeness (QED) is 0.864. The molecule has 3 heteroatoms. The average molecular weight is 286 g/mol. The van der Waals surface area contributed by atoms with Gasteiger partial charge in [-0.15, -0.1) is 0 Å². The first-order valence-corrected chi connectivity index (χ1v) is 8.19. The van der Waals surface area contributed by atoms with Gasteiger partial charge in [0.05, 0.1) is 0 Å². The third-order valence-electron chi connectivity index (χ3n) is 5.08. The molecule has 114 valence electrons. The van der Waals surface area contributed by atoms with Crippen molar-refractivity contribution in [1.29, 1.82) is 0 Å². The minimum Gasteiger partial charge on any atom is -0.316 e. The van der Waals surface area contributed by atoms with Gasteiger partial charge in [0.1, 0.15) is 0 Å². The van der Waals surface area contributed by atoms with Crippen LogP contribution in [-0.2, 0) is 0 Å². The van der Waals surface area contributed by atoms with Gasteiger partial charge in [-0.05, 0) is 44.3 Å². The standard InChI is InChI=1S/C18H26N2O/c1-18(9-10-19-13-18)14-20-11-7-16(8-12-20)17(21)15-5-3-2-4-6-15/h2-6,16,19H,7-14H2,1H3. The maximum absolute atomic E-state index is 12.5. The number of rotatable bonds is 4. The van der Waals surface area contributed by atoms with Crippen molar-refractivity contribution in [1.82, 2.24) is 10.2 Å². The van der Waals surface area contributed by atoms with E-state index in [9.17, 15) is 4.79 Å². The number of Topliss-reactive ketones (excluding diaryl/α,β-unsaturated/α-hetero) is 1. The molecule has 0 bridgehead atoms. The highest BCUT2D eigenvalue weighted by molar-refractivity contribution is 5.97. The molecular weight excluding hydrogens is 260 g/mol. The zero-order chi connectivity index (χ0) is 14.7. The van der Waals surface area contributed by atoms with Gasteiger partial charge in [-0.25, -0.2) is 0 Å². The van der Waals surface area contributed by atoms with Crippen molar-refractivity contribution >= 4 is 5.78 Å². The smallest absolute Gasteiger partial charge is 0.166 e. The van der Waals surface area contributed by atoms with Crippen LogP contribution < -0.4 is 5.32 Å². The van der Waals surface area contributed by atoms with E-state index in [2.05, 4.69) is 17.1 Å². The summed E-state index contributed by atoms with van der Waals surface area (Å²) >= 11 is 0. The highest BCUT2D eigenvalue weighted by atomic mass is 16.1. The van der Waals surface area contributed by atoms with Gasteiger partial charge in [-0.3, -0.25) is 4.79 Å². The highest BCUT2D eigenvalue weighted by Crippen LogP contribution is 2.29. The van der Waals surface area contributed by atoms with E-state index in [0.717, 1.165) is 44.6 Å². The highest BCUT2D eigenvalue weighted by Gasteiger charge is 2.33. The van der Waals surface area contributed by atoms with E-state index in [1.54, 1.807) is 0 Å². The molecule has 2 heterocycles. The number of piperidine rings is 1. The normalized spacial score (nSPS) is 27.9. The first kappa shape index (κ1) is 14.7. The van der Waals surface area contributed by atoms with Crippen molar-refractivity contribution in [3.05, 3.63) is 35.9 Å². The van der Waals surface area contributed by atoms with Gasteiger partial charge in [0.2, 0.25) is 0 Å². The summed E-state index contributed by atoms with van der Waals surface area (Å²) in [5.41, 5.74) is 1.30. The molecule has 0 spiro atoms. The molecule has 2 saturated heterocycles. The fourth-order valence-corrected chi connectivity index (χ4v) is 3.73. The van der Waals surface area contributed by atoms with E-state index in [1.807, 2.05) is 30.3 Å². The number of hydrogen-bond acceptors (Lipinski definition) is 3. The zero-order valence-electron chi connectivity index (χ0n) is 13.0. The fourth-order valence-electron chi connectivity index (χ4n) is 3.73. The Hall–Kier alpha value is -1.19. The Morgan fingerprint density at radius 2 is 2.00 bits per heavy atom. The molecule has 2 aliphatic heterocycles. The molecule has 0 saturated carbocycles. The predicted molar refractivity (Wildman–Crippen MR) is 85.5 cm³/mol. The predicted octanol–water partition coefficient (Wildman–Crippen LogP) is 2.58. The van der Waals surface area contributed by atoms with Gasteiger partial charge in [-0.2, -0.15) is 0 Å². The average Bonchev–Trinajstić information content (AvgIpc) is 2.94. The van der Waals surface area contributed by atoms with Gasteiger partial charge in [0.15, 0.2) is 5.78 Å². The van der Waals surface area contributed by atoms with Crippen LogP contribution in [0.3, 0.4) is 0 Å². The SMILES string of the molecule is CC1(CN2CCC(C(=O)c3ccccc3)CC2)CCNC1. The number of nitrogens with one attached hydrogen (secondary N) is 1. The lowest BCUT2D eigenvalue weighted by molar-refractivity contribution is 0.0797. The van der Waals surface area contributed by atoms with E-state index < -0.39 is 0 Å². The van der Waals surface area contributed by atoms with Gasteiger partial charge in [0, 0.05) is 24.6 Å². The van der Waals surface area contributed by atoms with Crippen molar-refractivity contribution in [3.8, 4) is 0 Å². The molecule has 1 atom stereocenters. The lowest BCUT2D eigenvalue weighted by Gasteiger charge is -2.36. The molecule has 3 nitrogen and oxygen atoms in total. The minimum atomic E-state index is 0.221. The topological polar surface area (TPSA) is 32.3 Å². The van der Waals surface area contributed by atoms with Crippen LogP contribution in [0.1, 0.15) is 36.5 Å². The summed E-state index contributed by atoms with van der Waals surface area (Å²) in [4.78, 5) is 15.0. The first-order valence-electron chi connectivity index (χ1n) is 8.19. The Morgan fingerprint density at radius 3 is 2.62 bits per heavy atom. The van der Waals surface area contributed by atoms with Gasteiger partial charge >= 0.3 is 0 Å². The number of likely N-dealkylation sites (tertiary alicyclic amines) is 1. The largest absolute Gasteiger partial charge is 0.316 e. The van der Waals surface area contributed by atoms with Crippen LogP contribution in [0.5, 0.6) is 0 Å². The molecule has 1 aromatic rings. The summed E-state index contributed by atoms with van der Waals surface area (Å²) in [6, 6.07) is 9.77. The molecule has 0 amide bonds. The second-order valence-corrected chi connectivity index (χ2v) is 7.02. The van der Waals surface area contributed by atoms with Crippen molar-refractivity contribution < 1.29 is 4.79 Å². The third-order valence-corrected chi connectivity index (χ3v) is 5.08. The number of carbonyl (C=O) groups is 1. The van der Waals surface area contributed by atoms with Crippen molar-refractivity contribution in [2.24, 2.45) is 11.3 Å². The molecule has 2 aliphatic rings. The molecule has 0 aromatic heterocycles. The lowest BCUT2D eigenvalue weighted by Crippen LogP contribution is -2.43. The van der Waals surface area contributed by atoms with Crippen LogP contribution in [0.4, 0.5) is 0 Å². The van der Waals surface area contributed by atoms with E-state index in [-0.39, 0.29) is 5.92 Å². The lowest BCUT2D eigenvalue weighted by atomic mass is 9.85. The number of carbonyl (C=O) groups excluding carboxylic acids is 1. The summed E-state index contributed by atoms with van der Waals surface area (Å²) in [5, 5.41) is 3.47. The zero-order valence-corrected chi connectivity index (χ0v) is 13.0. The van der Waals surface area contributed by atoms with Gasteiger partial charge in [-0.1, -0.05) is 37.3 Å². The first-order chi connectivity index (χ1) is 10.2. The third kappa shape index (κ3) is 3.53. The van der Waals surface area contributed by atoms with E-state index in [0.29, 0.717) is 11.2 Å². The van der Waals surface area contributed by atoms with Crippen LogP contribution in [0.15, 0.2) is 30.3 Å². The number of ketones is 1. The molecule has 0 aliphatic carbocycles. The Bertz CT molecular complexity index is 471. The Labute approximate surface area is 127 Å². The van der Waals surface area contributed by atoms with Crippen LogP contribution in [0, 0.1) is 11.3 Å². The van der Waals surface area contributed by atoms with Crippen LogP contribution in [0.25, 0.3) is 0 Å². The monoisotopic (exact) mass is 286 g/mol. The van der Waals surface area contributed by atoms with Crippen LogP contribution in [0.2, 0.25) is 0 Å². The molecular formula is C18H26N2O. The maximum atomic E-state index is 12.5. The number of hydrogen-bond donors (Lipinski definition) is 1. The molecule has 21 heavy (non-hydrogen) atoms. The molecule has 1 unspecified atom stereocenters. The van der Waals surface area contributed by atoms with Crippen LogP contribution >= 0.6 is 0 Å². The van der Waals surface area contributed by atoms with Crippen molar-refractivity contribution in [3.63, 3.8) is 0 Å². The summed E-state index contributed by atoms with van der Waals surface area (Å²) in [5.74, 6) is 0.558. The second kappa shape index (κ2) is 6.29. The molecule has 2 fully saturated rings. The van der Waals surface area contributed by atoms with E-state index in [1.165, 1.54) is 13.0 Å². The molecule has 3 rings (SSSR count). The van der Waals surface area contributed by atoms with Gasteiger partial charge in [0.25, 0.3) is 0 Å². The Kier molecular flexibility index (Phi) is 4.41. The number of nitrogens with zero attached hydrogens (tertiary/aromatic N) is 1. The van der Waals surface area contributed by atoms with E-state index >= 15 is 0 Å². The minimum absolute atomic E-state index is 0.221. The number of benzene rings is 1. The van der Waals surface area contributed by atoms with Crippen LogP contribution in [-0.4, -0.2) is 43.4 Å². The summed E-state index contributed by atoms with van der Waals surface area (Å²) in [6.45, 7) is 7.98. The summed E-state index contributed by atoms with van der Waals surface area (Å²) in [6.07, 6.45) is 3.30. The second-order valence-electron chi connectivity index (χ2n) is 7.02.